The second-order valence-electron chi connectivity index (χ2n) is 8.48. The Kier molecular flexibility index (Phi) is 7.22. The molecular formula is C20H30N2O5S. The summed E-state index contributed by atoms with van der Waals surface area (Å²) in [6.45, 7) is 7.09. The van der Waals surface area contributed by atoms with Crippen molar-refractivity contribution in [2.24, 2.45) is 5.92 Å². The van der Waals surface area contributed by atoms with Crippen molar-refractivity contribution in [3.63, 3.8) is 0 Å². The zero-order valence-corrected chi connectivity index (χ0v) is 17.8. The number of nitrogens with one attached hydrogen (secondary N) is 2. The van der Waals surface area contributed by atoms with E-state index in [4.69, 9.17) is 4.74 Å². The number of hydrogen-bond donors (Lipinski definition) is 2. The van der Waals surface area contributed by atoms with Crippen molar-refractivity contribution < 1.29 is 22.7 Å². The largest absolute Gasteiger partial charge is 0.452 e. The van der Waals surface area contributed by atoms with Crippen LogP contribution >= 0.6 is 0 Å². The van der Waals surface area contributed by atoms with Crippen LogP contribution in [0.2, 0.25) is 0 Å². The molecular weight excluding hydrogens is 380 g/mol. The zero-order valence-electron chi connectivity index (χ0n) is 16.9. The number of carbonyl (C=O) groups is 2. The van der Waals surface area contributed by atoms with Crippen molar-refractivity contribution in [3.05, 3.63) is 29.8 Å². The van der Waals surface area contributed by atoms with Gasteiger partial charge < -0.3 is 10.1 Å². The Hall–Kier alpha value is -1.93. The Morgan fingerprint density at radius 1 is 1.07 bits per heavy atom. The molecule has 0 aliphatic heterocycles. The number of hydrogen-bond acceptors (Lipinski definition) is 5. The van der Waals surface area contributed by atoms with Crippen molar-refractivity contribution >= 4 is 21.9 Å². The molecule has 0 atom stereocenters. The number of benzene rings is 1. The molecule has 1 aliphatic rings. The van der Waals surface area contributed by atoms with Crippen LogP contribution in [0.25, 0.3) is 0 Å². The number of sulfonamides is 1. The van der Waals surface area contributed by atoms with E-state index in [0.717, 1.165) is 25.7 Å². The van der Waals surface area contributed by atoms with E-state index in [0.29, 0.717) is 5.92 Å². The van der Waals surface area contributed by atoms with E-state index in [1.54, 1.807) is 20.8 Å². The maximum atomic E-state index is 12.3. The third-order valence-corrected chi connectivity index (χ3v) is 6.33. The van der Waals surface area contributed by atoms with Crippen LogP contribution < -0.4 is 10.0 Å². The lowest BCUT2D eigenvalue weighted by molar-refractivity contribution is -0.125. The molecule has 8 heteroatoms. The van der Waals surface area contributed by atoms with Gasteiger partial charge in [-0.2, -0.15) is 0 Å². The molecule has 1 aromatic carbocycles. The molecule has 1 saturated carbocycles. The predicted molar refractivity (Wildman–Crippen MR) is 106 cm³/mol. The Morgan fingerprint density at radius 2 is 1.64 bits per heavy atom. The molecule has 0 spiro atoms. The highest BCUT2D eigenvalue weighted by atomic mass is 32.2. The lowest BCUT2D eigenvalue weighted by atomic mass is 9.87. The summed E-state index contributed by atoms with van der Waals surface area (Å²) in [7, 11) is -3.67. The first-order chi connectivity index (χ1) is 13.0. The molecule has 28 heavy (non-hydrogen) atoms. The minimum absolute atomic E-state index is 0.0586. The van der Waals surface area contributed by atoms with Crippen LogP contribution in [0.5, 0.6) is 0 Å². The summed E-state index contributed by atoms with van der Waals surface area (Å²) in [5.41, 5.74) is -0.422. The van der Waals surface area contributed by atoms with E-state index in [1.165, 1.54) is 24.3 Å². The van der Waals surface area contributed by atoms with Crippen LogP contribution in [0.3, 0.4) is 0 Å². The number of esters is 1. The van der Waals surface area contributed by atoms with Crippen LogP contribution in [-0.4, -0.2) is 38.5 Å². The van der Waals surface area contributed by atoms with Crippen molar-refractivity contribution in [2.45, 2.75) is 69.9 Å². The molecule has 156 valence electrons. The predicted octanol–water partition coefficient (Wildman–Crippen LogP) is 2.62. The summed E-state index contributed by atoms with van der Waals surface area (Å²) in [5.74, 6) is -0.294. The molecule has 0 aromatic heterocycles. The highest BCUT2D eigenvalue weighted by Gasteiger charge is 2.23. The van der Waals surface area contributed by atoms with Gasteiger partial charge in [0, 0.05) is 11.6 Å². The third kappa shape index (κ3) is 6.91. The Bertz CT molecular complexity index is 789. The highest BCUT2D eigenvalue weighted by Crippen LogP contribution is 2.23. The quantitative estimate of drug-likeness (QED) is 0.702. The molecule has 0 unspecified atom stereocenters. The molecule has 1 aliphatic carbocycles. The van der Waals surface area contributed by atoms with Crippen LogP contribution in [0.1, 0.15) is 63.7 Å². The summed E-state index contributed by atoms with van der Waals surface area (Å²) < 4.78 is 32.1. The average molecular weight is 411 g/mol. The van der Waals surface area contributed by atoms with E-state index in [9.17, 15) is 18.0 Å². The van der Waals surface area contributed by atoms with Crippen molar-refractivity contribution in [1.82, 2.24) is 10.0 Å². The Balaban J connectivity index is 1.86. The van der Waals surface area contributed by atoms with Gasteiger partial charge in [0.15, 0.2) is 6.61 Å². The topological polar surface area (TPSA) is 102 Å². The first-order valence-electron chi connectivity index (χ1n) is 9.57. The fourth-order valence-corrected chi connectivity index (χ4v) is 4.54. The summed E-state index contributed by atoms with van der Waals surface area (Å²) in [6.07, 6.45) is 4.06. The minimum atomic E-state index is -3.67. The molecule has 1 amide bonds. The molecule has 0 bridgehead atoms. The number of rotatable bonds is 6. The van der Waals surface area contributed by atoms with Gasteiger partial charge in [0.1, 0.15) is 0 Å². The molecule has 0 radical (unpaired) electrons. The monoisotopic (exact) mass is 410 g/mol. The molecule has 2 N–H and O–H groups in total. The first kappa shape index (κ1) is 22.4. The van der Waals surface area contributed by atoms with Gasteiger partial charge in [-0.25, -0.2) is 17.9 Å². The molecule has 2 rings (SSSR count). The van der Waals surface area contributed by atoms with Gasteiger partial charge in [-0.3, -0.25) is 4.79 Å². The average Bonchev–Trinajstić information content (AvgIpc) is 2.60. The molecule has 7 nitrogen and oxygen atoms in total. The smallest absolute Gasteiger partial charge is 0.338 e. The highest BCUT2D eigenvalue weighted by molar-refractivity contribution is 7.89. The summed E-state index contributed by atoms with van der Waals surface area (Å²) >= 11 is 0. The van der Waals surface area contributed by atoms with Gasteiger partial charge in [0.2, 0.25) is 10.0 Å². The van der Waals surface area contributed by atoms with Gasteiger partial charge >= 0.3 is 5.97 Å². The molecule has 1 aromatic rings. The molecule has 1 fully saturated rings. The summed E-state index contributed by atoms with van der Waals surface area (Å²) in [5, 5.41) is 2.89. The Labute approximate surface area is 167 Å². The van der Waals surface area contributed by atoms with Crippen LogP contribution in [0, 0.1) is 5.92 Å². The summed E-state index contributed by atoms with van der Waals surface area (Å²) in [4.78, 5) is 24.1. The van der Waals surface area contributed by atoms with Crippen molar-refractivity contribution in [1.29, 1.82) is 0 Å². The van der Waals surface area contributed by atoms with Crippen LogP contribution in [0.4, 0.5) is 0 Å². The van der Waals surface area contributed by atoms with Gasteiger partial charge in [0.25, 0.3) is 5.91 Å². The second kappa shape index (κ2) is 9.05. The third-order valence-electron chi connectivity index (χ3n) is 4.56. The maximum absolute atomic E-state index is 12.3. The van der Waals surface area contributed by atoms with Gasteiger partial charge in [-0.1, -0.05) is 6.92 Å². The first-order valence-corrected chi connectivity index (χ1v) is 11.0. The number of carbonyl (C=O) groups excluding carboxylic acids is 2. The number of ether oxygens (including phenoxy) is 1. The van der Waals surface area contributed by atoms with Crippen molar-refractivity contribution in [3.8, 4) is 0 Å². The fourth-order valence-electron chi connectivity index (χ4n) is 3.12. The van der Waals surface area contributed by atoms with Crippen LogP contribution in [0.15, 0.2) is 29.2 Å². The SMILES string of the molecule is CC1CCC(NC(=O)COC(=O)c2ccc(S(=O)(=O)NC(C)(C)C)cc2)CC1. The molecule has 0 saturated heterocycles. The number of amides is 1. The summed E-state index contributed by atoms with van der Waals surface area (Å²) in [6, 6.07) is 5.57. The van der Waals surface area contributed by atoms with E-state index < -0.39 is 21.5 Å². The molecule has 0 heterocycles. The minimum Gasteiger partial charge on any atom is -0.452 e. The van der Waals surface area contributed by atoms with E-state index in [1.807, 2.05) is 0 Å². The van der Waals surface area contributed by atoms with Crippen molar-refractivity contribution in [2.75, 3.05) is 6.61 Å². The van der Waals surface area contributed by atoms with Gasteiger partial charge in [-0.05, 0) is 76.6 Å². The van der Waals surface area contributed by atoms with E-state index >= 15 is 0 Å². The van der Waals surface area contributed by atoms with Crippen LogP contribution in [-0.2, 0) is 19.6 Å². The van der Waals surface area contributed by atoms with Gasteiger partial charge in [-0.15, -0.1) is 0 Å². The maximum Gasteiger partial charge on any atom is 0.338 e. The zero-order chi connectivity index (χ0) is 20.9. The second-order valence-corrected chi connectivity index (χ2v) is 10.2. The Morgan fingerprint density at radius 3 is 2.18 bits per heavy atom. The lowest BCUT2D eigenvalue weighted by Gasteiger charge is -2.26. The lowest BCUT2D eigenvalue weighted by Crippen LogP contribution is -2.40. The van der Waals surface area contributed by atoms with E-state index in [2.05, 4.69) is 17.0 Å². The fraction of sp³-hybridized carbons (Fsp3) is 0.600. The normalized spacial score (nSPS) is 20.4. The van der Waals surface area contributed by atoms with Gasteiger partial charge in [0.05, 0.1) is 10.5 Å². The standard InChI is InChI=1S/C20H30N2O5S/c1-14-5-9-16(10-6-14)21-18(23)13-27-19(24)15-7-11-17(12-8-15)28(25,26)22-20(2,3)4/h7-8,11-12,14,16,22H,5-6,9-10,13H2,1-4H3,(H,21,23). The van der Waals surface area contributed by atoms with E-state index in [-0.39, 0.29) is 29.0 Å².